The van der Waals surface area contributed by atoms with Gasteiger partial charge in [0.1, 0.15) is 0 Å². The zero-order valence-electron chi connectivity index (χ0n) is 12.5. The number of benzene rings is 1. The van der Waals surface area contributed by atoms with Gasteiger partial charge in [0.15, 0.2) is 0 Å². The maximum absolute atomic E-state index is 12.6. The zero-order valence-corrected chi connectivity index (χ0v) is 13.3. The Morgan fingerprint density at radius 2 is 1.96 bits per heavy atom. The van der Waals surface area contributed by atoms with Crippen molar-refractivity contribution >= 4 is 27.6 Å². The summed E-state index contributed by atoms with van der Waals surface area (Å²) in [6, 6.07) is 4.76. The van der Waals surface area contributed by atoms with Gasteiger partial charge in [-0.15, -0.1) is 0 Å². The van der Waals surface area contributed by atoms with E-state index in [9.17, 15) is 8.42 Å². The van der Waals surface area contributed by atoms with E-state index in [1.54, 1.807) is 47.9 Å². The highest BCUT2D eigenvalue weighted by molar-refractivity contribution is 7.89. The van der Waals surface area contributed by atoms with Crippen LogP contribution in [0.25, 0.3) is 0 Å². The summed E-state index contributed by atoms with van der Waals surface area (Å²) in [5.74, 6) is 0. The van der Waals surface area contributed by atoms with Crippen molar-refractivity contribution in [2.45, 2.75) is 4.90 Å². The average Bonchev–Trinajstić information content (AvgIpc) is 2.85. The molecule has 122 valence electrons. The van der Waals surface area contributed by atoms with Gasteiger partial charge in [-0.05, 0) is 24.3 Å². The molecule has 0 atom stereocenters. The lowest BCUT2D eigenvalue weighted by atomic mass is 10.2. The molecule has 0 amide bonds. The molecule has 0 aliphatic carbocycles. The van der Waals surface area contributed by atoms with Crippen molar-refractivity contribution in [3.63, 3.8) is 0 Å². The lowest BCUT2D eigenvalue weighted by molar-refractivity contribution is 0.0730. The highest BCUT2D eigenvalue weighted by Crippen LogP contribution is 2.29. The average molecular weight is 334 g/mol. The Balaban J connectivity index is 1.89. The van der Waals surface area contributed by atoms with E-state index < -0.39 is 10.0 Å². The number of morpholine rings is 1. The predicted octanol–water partition coefficient (Wildman–Crippen LogP) is 1.17. The second-order valence-corrected chi connectivity index (χ2v) is 7.02. The first-order valence-electron chi connectivity index (χ1n) is 7.21. The molecule has 0 saturated carbocycles. The highest BCUT2D eigenvalue weighted by atomic mass is 32.2. The van der Waals surface area contributed by atoms with E-state index in [4.69, 9.17) is 10.5 Å². The van der Waals surface area contributed by atoms with Gasteiger partial charge in [-0.25, -0.2) is 8.42 Å². The Morgan fingerprint density at radius 3 is 2.70 bits per heavy atom. The number of anilines is 2. The molecule has 7 nitrogen and oxygen atoms in total. The number of nitrogens with zero attached hydrogens (tertiary/aromatic N) is 3. The van der Waals surface area contributed by atoms with Crippen molar-refractivity contribution in [2.75, 3.05) is 36.9 Å². The predicted molar refractivity (Wildman–Crippen MR) is 89.7 cm³/mol. The third-order valence-electron chi connectivity index (χ3n) is 3.62. The monoisotopic (exact) mass is 334 g/mol. The minimum atomic E-state index is -3.55. The SMILES string of the molecule is Nc1cc(S(=O)(=O)N2CCOCC2)ccc1N1C=CC=NC=C1. The Bertz CT molecular complexity index is 749. The second kappa shape index (κ2) is 6.53. The van der Waals surface area contributed by atoms with Crippen LogP contribution in [0, 0.1) is 0 Å². The topological polar surface area (TPSA) is 88.2 Å². The molecule has 1 saturated heterocycles. The van der Waals surface area contributed by atoms with E-state index >= 15 is 0 Å². The van der Waals surface area contributed by atoms with Gasteiger partial charge in [-0.1, -0.05) is 0 Å². The standard InChI is InChI=1S/C15H18N4O3S/c16-14-12-13(23(20,21)19-8-10-22-11-9-19)2-3-15(14)18-6-1-4-17-5-7-18/h1-7,12H,8-11,16H2. The number of hydrogen-bond acceptors (Lipinski definition) is 6. The normalized spacial score (nSPS) is 19.0. The van der Waals surface area contributed by atoms with Crippen LogP contribution >= 0.6 is 0 Å². The number of ether oxygens (including phenoxy) is 1. The maximum atomic E-state index is 12.6. The number of allylic oxidation sites excluding steroid dienone is 1. The molecule has 2 N–H and O–H groups in total. The molecule has 0 aromatic heterocycles. The van der Waals surface area contributed by atoms with Gasteiger partial charge in [0.05, 0.1) is 29.5 Å². The summed E-state index contributed by atoms with van der Waals surface area (Å²) in [5.41, 5.74) is 7.15. The van der Waals surface area contributed by atoms with Crippen LogP contribution in [-0.4, -0.2) is 45.2 Å². The minimum Gasteiger partial charge on any atom is -0.397 e. The quantitative estimate of drug-likeness (QED) is 0.838. The Hall–Kier alpha value is -2.16. The Labute approximate surface area is 135 Å². The third kappa shape index (κ3) is 3.29. The smallest absolute Gasteiger partial charge is 0.243 e. The summed E-state index contributed by atoms with van der Waals surface area (Å²) in [4.78, 5) is 5.98. The van der Waals surface area contributed by atoms with Crippen molar-refractivity contribution < 1.29 is 13.2 Å². The fraction of sp³-hybridized carbons (Fsp3) is 0.267. The van der Waals surface area contributed by atoms with Crippen LogP contribution in [0.2, 0.25) is 0 Å². The Kier molecular flexibility index (Phi) is 4.46. The van der Waals surface area contributed by atoms with Crippen LogP contribution in [0.1, 0.15) is 0 Å². The minimum absolute atomic E-state index is 0.194. The van der Waals surface area contributed by atoms with Crippen molar-refractivity contribution in [3.8, 4) is 0 Å². The van der Waals surface area contributed by atoms with E-state index in [2.05, 4.69) is 4.99 Å². The summed E-state index contributed by atoms with van der Waals surface area (Å²) in [7, 11) is -3.55. The number of hydrogen-bond donors (Lipinski definition) is 1. The molecule has 0 bridgehead atoms. The van der Waals surface area contributed by atoms with Crippen LogP contribution in [0.5, 0.6) is 0 Å². The van der Waals surface area contributed by atoms with E-state index in [1.807, 2.05) is 0 Å². The molecular formula is C15H18N4O3S. The fourth-order valence-corrected chi connectivity index (χ4v) is 3.86. The number of sulfonamides is 1. The zero-order chi connectivity index (χ0) is 16.3. The van der Waals surface area contributed by atoms with E-state index in [0.717, 1.165) is 0 Å². The van der Waals surface area contributed by atoms with Gasteiger partial charge in [0.25, 0.3) is 0 Å². The third-order valence-corrected chi connectivity index (χ3v) is 5.51. The first-order valence-corrected chi connectivity index (χ1v) is 8.65. The molecule has 3 rings (SSSR count). The van der Waals surface area contributed by atoms with E-state index in [1.165, 1.54) is 10.4 Å². The highest BCUT2D eigenvalue weighted by Gasteiger charge is 2.26. The van der Waals surface area contributed by atoms with Gasteiger partial charge >= 0.3 is 0 Å². The fourth-order valence-electron chi connectivity index (χ4n) is 2.42. The van der Waals surface area contributed by atoms with Crippen molar-refractivity contribution in [1.82, 2.24) is 4.31 Å². The molecule has 2 heterocycles. The van der Waals surface area contributed by atoms with Crippen LogP contribution in [0.3, 0.4) is 0 Å². The molecule has 0 spiro atoms. The maximum Gasteiger partial charge on any atom is 0.243 e. The molecule has 8 heteroatoms. The van der Waals surface area contributed by atoms with E-state index in [-0.39, 0.29) is 4.90 Å². The molecule has 0 unspecified atom stereocenters. The van der Waals surface area contributed by atoms with Crippen LogP contribution in [0.15, 0.2) is 52.8 Å². The first kappa shape index (κ1) is 15.7. The largest absolute Gasteiger partial charge is 0.397 e. The van der Waals surface area contributed by atoms with Crippen LogP contribution in [-0.2, 0) is 14.8 Å². The van der Waals surface area contributed by atoms with Crippen molar-refractivity contribution in [1.29, 1.82) is 0 Å². The molecule has 1 aromatic carbocycles. The summed E-state index contributed by atoms with van der Waals surface area (Å²) in [6.07, 6.45) is 8.62. The lowest BCUT2D eigenvalue weighted by Crippen LogP contribution is -2.40. The van der Waals surface area contributed by atoms with Gasteiger partial charge in [-0.3, -0.25) is 4.99 Å². The summed E-state index contributed by atoms with van der Waals surface area (Å²) in [5, 5.41) is 0. The van der Waals surface area contributed by atoms with Crippen molar-refractivity contribution in [2.24, 2.45) is 4.99 Å². The second-order valence-electron chi connectivity index (χ2n) is 5.08. The van der Waals surface area contributed by atoms with Crippen molar-refractivity contribution in [3.05, 3.63) is 42.9 Å². The number of nitrogens with two attached hydrogens (primary N) is 1. The molecule has 2 aliphatic rings. The molecule has 1 fully saturated rings. The summed E-state index contributed by atoms with van der Waals surface area (Å²) < 4.78 is 31.9. The number of nitrogen functional groups attached to an aromatic ring is 1. The van der Waals surface area contributed by atoms with Gasteiger partial charge < -0.3 is 15.4 Å². The van der Waals surface area contributed by atoms with Crippen LogP contribution < -0.4 is 10.6 Å². The summed E-state index contributed by atoms with van der Waals surface area (Å²) >= 11 is 0. The van der Waals surface area contributed by atoms with Gasteiger partial charge in [0, 0.05) is 37.9 Å². The molecule has 1 aromatic rings. The number of rotatable bonds is 3. The van der Waals surface area contributed by atoms with Gasteiger partial charge in [-0.2, -0.15) is 4.31 Å². The molecular weight excluding hydrogens is 316 g/mol. The molecule has 23 heavy (non-hydrogen) atoms. The van der Waals surface area contributed by atoms with Crippen LogP contribution in [0.4, 0.5) is 11.4 Å². The molecule has 0 radical (unpaired) electrons. The number of aliphatic imine (C=N–C) groups is 1. The summed E-state index contributed by atoms with van der Waals surface area (Å²) in [6.45, 7) is 1.55. The van der Waals surface area contributed by atoms with Gasteiger partial charge in [0.2, 0.25) is 10.0 Å². The Morgan fingerprint density at radius 1 is 1.17 bits per heavy atom. The van der Waals surface area contributed by atoms with E-state index in [0.29, 0.717) is 37.7 Å². The lowest BCUT2D eigenvalue weighted by Gasteiger charge is -2.26. The first-order chi connectivity index (χ1) is 11.1. The molecule has 2 aliphatic heterocycles.